The highest BCUT2D eigenvalue weighted by molar-refractivity contribution is 7.81. The molecular formula is C23H30N6OS. The zero-order valence-electron chi connectivity index (χ0n) is 18.5. The van der Waals surface area contributed by atoms with Crippen molar-refractivity contribution >= 4 is 28.4 Å². The second-order valence-corrected chi connectivity index (χ2v) is 8.79. The van der Waals surface area contributed by atoms with Gasteiger partial charge in [-0.15, -0.1) is 0 Å². The van der Waals surface area contributed by atoms with Crippen LogP contribution in [0.4, 0.5) is 17.5 Å². The maximum atomic E-state index is 10.4. The van der Waals surface area contributed by atoms with E-state index in [0.717, 1.165) is 28.3 Å². The highest BCUT2D eigenvalue weighted by atomic mass is 32.2. The topological polar surface area (TPSA) is 99.7 Å². The van der Waals surface area contributed by atoms with Crippen LogP contribution in [0.25, 0.3) is 11.3 Å². The zero-order valence-corrected chi connectivity index (χ0v) is 19.3. The molecule has 3 rings (SSSR count). The lowest BCUT2D eigenvalue weighted by Crippen LogP contribution is -2.09. The van der Waals surface area contributed by atoms with Gasteiger partial charge in [-0.3, -0.25) is 0 Å². The van der Waals surface area contributed by atoms with Crippen LogP contribution in [-0.4, -0.2) is 41.7 Å². The van der Waals surface area contributed by atoms with Crippen LogP contribution in [0, 0.1) is 13.8 Å². The molecule has 1 atom stereocenters. The quantitative estimate of drug-likeness (QED) is 0.446. The fourth-order valence-electron chi connectivity index (χ4n) is 3.12. The van der Waals surface area contributed by atoms with Crippen LogP contribution in [0.3, 0.4) is 0 Å². The SMILES string of the molecule is Cc1cccc(-c2cc(NCCCN=S(O)c3cccc(N(C)C)c3)nc(N)n2)c1C. The van der Waals surface area contributed by atoms with E-state index in [1.165, 1.54) is 11.1 Å². The molecule has 0 aliphatic rings. The van der Waals surface area contributed by atoms with Gasteiger partial charge in [0.15, 0.2) is 0 Å². The molecule has 0 amide bonds. The Morgan fingerprint density at radius 1 is 1.10 bits per heavy atom. The largest absolute Gasteiger partial charge is 0.378 e. The van der Waals surface area contributed by atoms with Gasteiger partial charge in [-0.25, -0.2) is 9.35 Å². The van der Waals surface area contributed by atoms with Crippen LogP contribution in [0.1, 0.15) is 17.5 Å². The second kappa shape index (κ2) is 10.4. The average molecular weight is 439 g/mol. The van der Waals surface area contributed by atoms with Gasteiger partial charge in [-0.05, 0) is 49.6 Å². The number of nitrogens with zero attached hydrogens (tertiary/aromatic N) is 4. The Bertz CT molecular complexity index is 1080. The van der Waals surface area contributed by atoms with Gasteiger partial charge in [0.1, 0.15) is 5.82 Å². The molecule has 3 aromatic rings. The Hall–Kier alpha value is -2.97. The zero-order chi connectivity index (χ0) is 22.4. The lowest BCUT2D eigenvalue weighted by Gasteiger charge is -2.13. The Morgan fingerprint density at radius 3 is 2.65 bits per heavy atom. The number of hydrogen-bond donors (Lipinski definition) is 3. The van der Waals surface area contributed by atoms with Crippen molar-refractivity contribution in [1.82, 2.24) is 9.97 Å². The lowest BCUT2D eigenvalue weighted by molar-refractivity contribution is 0.644. The first-order valence-corrected chi connectivity index (χ1v) is 11.3. The van der Waals surface area contributed by atoms with Gasteiger partial charge in [0.25, 0.3) is 0 Å². The van der Waals surface area contributed by atoms with Gasteiger partial charge in [0, 0.05) is 42.9 Å². The molecule has 1 aromatic heterocycles. The molecule has 164 valence electrons. The number of hydrogen-bond acceptors (Lipinski definition) is 6. The van der Waals surface area contributed by atoms with E-state index in [-0.39, 0.29) is 5.95 Å². The predicted octanol–water partition coefficient (Wildman–Crippen LogP) is 4.54. The fourth-order valence-corrected chi connectivity index (χ4v) is 4.00. The summed E-state index contributed by atoms with van der Waals surface area (Å²) in [5.41, 5.74) is 11.2. The Morgan fingerprint density at radius 2 is 1.87 bits per heavy atom. The van der Waals surface area contributed by atoms with Crippen molar-refractivity contribution in [3.8, 4) is 11.3 Å². The summed E-state index contributed by atoms with van der Waals surface area (Å²) in [6.07, 6.45) is 0.764. The van der Waals surface area contributed by atoms with Gasteiger partial charge >= 0.3 is 0 Å². The minimum absolute atomic E-state index is 0.239. The van der Waals surface area contributed by atoms with Crippen molar-refractivity contribution in [2.45, 2.75) is 25.2 Å². The highest BCUT2D eigenvalue weighted by Gasteiger charge is 2.09. The molecule has 0 saturated heterocycles. The standard InChI is InChI=1S/C23H30N6OS/c1-16-8-5-11-20(17(16)2)21-15-22(28-23(24)27-21)25-12-7-13-26-31(30)19-10-6-9-18(14-19)29(3)4/h5-6,8-11,14-15H,7,12-13H2,1-4H3,(H,26,30)(H3,24,25,27,28). The van der Waals surface area contributed by atoms with Crippen LogP contribution in [0.15, 0.2) is 57.8 Å². The van der Waals surface area contributed by atoms with Crippen LogP contribution >= 0.6 is 0 Å². The number of benzene rings is 2. The number of nitrogens with two attached hydrogens (primary N) is 1. The van der Waals surface area contributed by atoms with Crippen molar-refractivity contribution in [3.63, 3.8) is 0 Å². The van der Waals surface area contributed by atoms with Gasteiger partial charge in [0.2, 0.25) is 5.95 Å². The fraction of sp³-hybridized carbons (Fsp3) is 0.304. The summed E-state index contributed by atoms with van der Waals surface area (Å²) in [4.78, 5) is 11.5. The van der Waals surface area contributed by atoms with Gasteiger partial charge < -0.3 is 20.5 Å². The first kappa shape index (κ1) is 22.7. The lowest BCUT2D eigenvalue weighted by atomic mass is 10.0. The number of anilines is 3. The molecule has 0 aliphatic heterocycles. The van der Waals surface area contributed by atoms with Gasteiger partial charge in [-0.1, -0.05) is 24.3 Å². The third-order valence-corrected chi connectivity index (χ3v) is 6.13. The van der Waals surface area contributed by atoms with E-state index in [2.05, 4.69) is 39.6 Å². The maximum absolute atomic E-state index is 10.4. The minimum atomic E-state index is -1.12. The summed E-state index contributed by atoms with van der Waals surface area (Å²) in [6, 6.07) is 15.9. The van der Waals surface area contributed by atoms with Crippen molar-refractivity contribution in [3.05, 3.63) is 59.7 Å². The number of rotatable bonds is 8. The number of aryl methyl sites for hydroxylation is 1. The minimum Gasteiger partial charge on any atom is -0.378 e. The van der Waals surface area contributed by atoms with Crippen LogP contribution in [0.2, 0.25) is 0 Å². The molecule has 0 spiro atoms. The third kappa shape index (κ3) is 6.02. The first-order valence-electron chi connectivity index (χ1n) is 10.2. The Labute approximate surface area is 186 Å². The first-order chi connectivity index (χ1) is 14.8. The second-order valence-electron chi connectivity index (χ2n) is 7.53. The van der Waals surface area contributed by atoms with Gasteiger partial charge in [0.05, 0.1) is 23.2 Å². The van der Waals surface area contributed by atoms with E-state index in [1.54, 1.807) is 0 Å². The molecule has 0 saturated carbocycles. The van der Waals surface area contributed by atoms with Crippen LogP contribution in [0.5, 0.6) is 0 Å². The van der Waals surface area contributed by atoms with E-state index < -0.39 is 11.0 Å². The monoisotopic (exact) mass is 438 g/mol. The molecule has 31 heavy (non-hydrogen) atoms. The molecule has 8 heteroatoms. The van der Waals surface area contributed by atoms with E-state index in [1.807, 2.05) is 61.5 Å². The van der Waals surface area contributed by atoms with E-state index in [4.69, 9.17) is 5.73 Å². The molecule has 1 unspecified atom stereocenters. The van der Waals surface area contributed by atoms with E-state index in [9.17, 15) is 4.55 Å². The molecule has 0 fully saturated rings. The highest BCUT2D eigenvalue weighted by Crippen LogP contribution is 2.26. The summed E-state index contributed by atoms with van der Waals surface area (Å²) in [7, 11) is 2.83. The Kier molecular flexibility index (Phi) is 7.59. The molecule has 2 aromatic carbocycles. The molecule has 0 bridgehead atoms. The number of nitrogens with one attached hydrogen (secondary N) is 1. The summed E-state index contributed by atoms with van der Waals surface area (Å²) in [5, 5.41) is 3.29. The van der Waals surface area contributed by atoms with E-state index >= 15 is 0 Å². The molecule has 0 radical (unpaired) electrons. The predicted molar refractivity (Wildman–Crippen MR) is 131 cm³/mol. The van der Waals surface area contributed by atoms with E-state index in [0.29, 0.717) is 18.9 Å². The van der Waals surface area contributed by atoms with Crippen molar-refractivity contribution < 1.29 is 4.55 Å². The third-order valence-electron chi connectivity index (χ3n) is 5.02. The van der Waals surface area contributed by atoms with Crippen molar-refractivity contribution in [2.75, 3.05) is 43.1 Å². The Balaban J connectivity index is 1.60. The van der Waals surface area contributed by atoms with Crippen LogP contribution in [-0.2, 0) is 11.0 Å². The summed E-state index contributed by atoms with van der Waals surface area (Å²) in [5.74, 6) is 0.924. The molecule has 1 heterocycles. The van der Waals surface area contributed by atoms with Crippen LogP contribution < -0.4 is 16.0 Å². The van der Waals surface area contributed by atoms with Gasteiger partial charge in [-0.2, -0.15) is 4.98 Å². The number of aromatic nitrogens is 2. The summed E-state index contributed by atoms with van der Waals surface area (Å²) >= 11 is 0. The average Bonchev–Trinajstić information content (AvgIpc) is 2.75. The molecule has 4 N–H and O–H groups in total. The smallest absolute Gasteiger partial charge is 0.222 e. The summed E-state index contributed by atoms with van der Waals surface area (Å²) in [6.45, 7) is 5.38. The summed E-state index contributed by atoms with van der Waals surface area (Å²) < 4.78 is 14.8. The molecular weight excluding hydrogens is 408 g/mol. The maximum Gasteiger partial charge on any atom is 0.222 e. The van der Waals surface area contributed by atoms with Crippen molar-refractivity contribution in [2.24, 2.45) is 4.36 Å². The van der Waals surface area contributed by atoms with Crippen molar-refractivity contribution in [1.29, 1.82) is 0 Å². The molecule has 7 nitrogen and oxygen atoms in total. The number of nitrogen functional groups attached to an aromatic ring is 1. The molecule has 0 aliphatic carbocycles. The normalized spacial score (nSPS) is 12.0.